The van der Waals surface area contributed by atoms with E-state index < -0.39 is 11.6 Å². The van der Waals surface area contributed by atoms with Gasteiger partial charge in [0.25, 0.3) is 0 Å². The molecule has 0 saturated carbocycles. The lowest BCUT2D eigenvalue weighted by atomic mass is 10.2. The first-order chi connectivity index (χ1) is 9.12. The predicted molar refractivity (Wildman–Crippen MR) is 69.6 cm³/mol. The van der Waals surface area contributed by atoms with Crippen LogP contribution < -0.4 is 4.74 Å². The molecule has 0 spiro atoms. The van der Waals surface area contributed by atoms with Crippen molar-refractivity contribution in [2.45, 2.75) is 19.2 Å². The van der Waals surface area contributed by atoms with Crippen molar-refractivity contribution >= 4 is 11.6 Å². The Balaban J connectivity index is 2.34. The van der Waals surface area contributed by atoms with Crippen LogP contribution in [0.2, 0.25) is 0 Å². The molecule has 2 aromatic rings. The molecule has 1 aromatic heterocycles. The van der Waals surface area contributed by atoms with Crippen LogP contribution in [0.3, 0.4) is 0 Å². The fourth-order valence-electron chi connectivity index (χ4n) is 1.60. The molecule has 0 aliphatic heterocycles. The third-order valence-corrected chi connectivity index (χ3v) is 2.85. The summed E-state index contributed by atoms with van der Waals surface area (Å²) in [6, 6.07) is 6.48. The second kappa shape index (κ2) is 5.97. The number of benzene rings is 1. The number of ether oxygens (including phenoxy) is 1. The summed E-state index contributed by atoms with van der Waals surface area (Å²) >= 11 is 5.77. The van der Waals surface area contributed by atoms with E-state index >= 15 is 0 Å². The van der Waals surface area contributed by atoms with E-state index in [4.69, 9.17) is 16.3 Å². The Bertz CT molecular complexity index is 567. The average Bonchev–Trinajstić information content (AvgIpc) is 2.42. The Labute approximate surface area is 115 Å². The molecule has 0 bridgehead atoms. The van der Waals surface area contributed by atoms with Crippen LogP contribution in [0.5, 0.6) is 11.6 Å². The van der Waals surface area contributed by atoms with Crippen molar-refractivity contribution in [1.29, 1.82) is 0 Å². The molecule has 2 nitrogen and oxygen atoms in total. The third kappa shape index (κ3) is 3.41. The second-order valence-electron chi connectivity index (χ2n) is 3.97. The Morgan fingerprint density at radius 1 is 1.21 bits per heavy atom. The summed E-state index contributed by atoms with van der Waals surface area (Å²) in [5, 5.41) is 0. The van der Waals surface area contributed by atoms with Crippen LogP contribution in [-0.4, -0.2) is 4.98 Å². The molecule has 2 rings (SSSR count). The fraction of sp³-hybridized carbons (Fsp3) is 0.214. The molecular formula is C14H12ClF2NO. The van der Waals surface area contributed by atoms with Gasteiger partial charge in [-0.2, -0.15) is 0 Å². The quantitative estimate of drug-likeness (QED) is 0.773. The lowest BCUT2D eigenvalue weighted by Gasteiger charge is -2.09. The van der Waals surface area contributed by atoms with Gasteiger partial charge in [0.2, 0.25) is 5.88 Å². The molecular weight excluding hydrogens is 272 g/mol. The van der Waals surface area contributed by atoms with E-state index in [1.807, 2.05) is 13.0 Å². The van der Waals surface area contributed by atoms with Crippen LogP contribution in [0.1, 0.15) is 18.2 Å². The zero-order valence-corrected chi connectivity index (χ0v) is 11.0. The Morgan fingerprint density at radius 3 is 2.68 bits per heavy atom. The van der Waals surface area contributed by atoms with E-state index in [0.717, 1.165) is 29.5 Å². The predicted octanol–water partition coefficient (Wildman–Crippen LogP) is 4.45. The van der Waals surface area contributed by atoms with Gasteiger partial charge < -0.3 is 4.74 Å². The molecule has 0 fully saturated rings. The Morgan fingerprint density at radius 2 is 2.00 bits per heavy atom. The highest BCUT2D eigenvalue weighted by atomic mass is 35.5. The van der Waals surface area contributed by atoms with Crippen molar-refractivity contribution in [3.05, 3.63) is 53.2 Å². The molecule has 1 aromatic carbocycles. The minimum atomic E-state index is -0.641. The molecule has 0 unspecified atom stereocenters. The summed E-state index contributed by atoms with van der Waals surface area (Å²) in [6.45, 7) is 1.94. The SMILES string of the molecule is CCc1cc(CCl)cc(Oc2cc(F)ccc2F)n1. The van der Waals surface area contributed by atoms with Gasteiger partial charge in [0.15, 0.2) is 11.6 Å². The van der Waals surface area contributed by atoms with Crippen LogP contribution in [0.15, 0.2) is 30.3 Å². The number of pyridine rings is 1. The van der Waals surface area contributed by atoms with E-state index in [1.54, 1.807) is 6.07 Å². The highest BCUT2D eigenvalue weighted by Crippen LogP contribution is 2.25. The first-order valence-corrected chi connectivity index (χ1v) is 6.34. The van der Waals surface area contributed by atoms with Gasteiger partial charge in [-0.15, -0.1) is 11.6 Å². The number of alkyl halides is 1. The van der Waals surface area contributed by atoms with Gasteiger partial charge in [-0.25, -0.2) is 13.8 Å². The third-order valence-electron chi connectivity index (χ3n) is 2.54. The van der Waals surface area contributed by atoms with Crippen LogP contribution in [0.25, 0.3) is 0 Å². The van der Waals surface area contributed by atoms with Gasteiger partial charge in [-0.1, -0.05) is 6.92 Å². The van der Waals surface area contributed by atoms with Crippen LogP contribution in [0.4, 0.5) is 8.78 Å². The summed E-state index contributed by atoms with van der Waals surface area (Å²) in [5.74, 6) is -0.892. The van der Waals surface area contributed by atoms with E-state index in [0.29, 0.717) is 12.3 Å². The minimum Gasteiger partial charge on any atom is -0.436 e. The second-order valence-corrected chi connectivity index (χ2v) is 4.24. The average molecular weight is 284 g/mol. The topological polar surface area (TPSA) is 22.1 Å². The Kier molecular flexibility index (Phi) is 4.32. The minimum absolute atomic E-state index is 0.193. The molecule has 0 atom stereocenters. The smallest absolute Gasteiger partial charge is 0.219 e. The van der Waals surface area contributed by atoms with E-state index in [9.17, 15) is 8.78 Å². The molecule has 0 saturated heterocycles. The van der Waals surface area contributed by atoms with Crippen molar-refractivity contribution < 1.29 is 13.5 Å². The lowest BCUT2D eigenvalue weighted by molar-refractivity contribution is 0.421. The molecule has 0 N–H and O–H groups in total. The maximum absolute atomic E-state index is 13.5. The molecule has 5 heteroatoms. The van der Waals surface area contributed by atoms with Crippen LogP contribution in [0, 0.1) is 11.6 Å². The van der Waals surface area contributed by atoms with Crippen LogP contribution >= 0.6 is 11.6 Å². The van der Waals surface area contributed by atoms with E-state index in [1.165, 1.54) is 0 Å². The fourth-order valence-corrected chi connectivity index (χ4v) is 1.75. The van der Waals surface area contributed by atoms with Crippen molar-refractivity contribution in [2.24, 2.45) is 0 Å². The van der Waals surface area contributed by atoms with Crippen molar-refractivity contribution in [1.82, 2.24) is 4.98 Å². The highest BCUT2D eigenvalue weighted by molar-refractivity contribution is 6.17. The summed E-state index contributed by atoms with van der Waals surface area (Å²) in [5.41, 5.74) is 1.60. The number of hydrogen-bond acceptors (Lipinski definition) is 2. The molecule has 1 heterocycles. The van der Waals surface area contributed by atoms with Crippen molar-refractivity contribution in [2.75, 3.05) is 0 Å². The molecule has 19 heavy (non-hydrogen) atoms. The van der Waals surface area contributed by atoms with Gasteiger partial charge in [0.05, 0.1) is 0 Å². The van der Waals surface area contributed by atoms with Crippen LogP contribution in [-0.2, 0) is 12.3 Å². The summed E-state index contributed by atoms with van der Waals surface area (Å²) in [6.07, 6.45) is 0.701. The maximum Gasteiger partial charge on any atom is 0.219 e. The molecule has 0 aliphatic rings. The molecule has 0 amide bonds. The normalized spacial score (nSPS) is 10.5. The van der Waals surface area contributed by atoms with Gasteiger partial charge in [-0.3, -0.25) is 0 Å². The number of nitrogens with zero attached hydrogens (tertiary/aromatic N) is 1. The zero-order valence-electron chi connectivity index (χ0n) is 10.3. The van der Waals surface area contributed by atoms with Crippen molar-refractivity contribution in [3.63, 3.8) is 0 Å². The number of aromatic nitrogens is 1. The largest absolute Gasteiger partial charge is 0.436 e. The molecule has 0 radical (unpaired) electrons. The summed E-state index contributed by atoms with van der Waals surface area (Å²) < 4.78 is 31.8. The number of aryl methyl sites for hydroxylation is 1. The first kappa shape index (κ1) is 13.7. The summed E-state index contributed by atoms with van der Waals surface area (Å²) in [4.78, 5) is 4.20. The van der Waals surface area contributed by atoms with E-state index in [-0.39, 0.29) is 11.6 Å². The lowest BCUT2D eigenvalue weighted by Crippen LogP contribution is -1.96. The number of rotatable bonds is 4. The standard InChI is InChI=1S/C14H12ClF2NO/c1-2-11-5-9(8-15)6-14(18-11)19-13-7-10(16)3-4-12(13)17/h3-7H,2,8H2,1H3. The van der Waals surface area contributed by atoms with Gasteiger partial charge in [-0.05, 0) is 30.2 Å². The first-order valence-electron chi connectivity index (χ1n) is 5.81. The van der Waals surface area contributed by atoms with E-state index in [2.05, 4.69) is 4.98 Å². The molecule has 0 aliphatic carbocycles. The van der Waals surface area contributed by atoms with Gasteiger partial charge in [0, 0.05) is 23.7 Å². The van der Waals surface area contributed by atoms with Crippen molar-refractivity contribution in [3.8, 4) is 11.6 Å². The number of halogens is 3. The molecule has 100 valence electrons. The highest BCUT2D eigenvalue weighted by Gasteiger charge is 2.09. The van der Waals surface area contributed by atoms with Gasteiger partial charge in [0.1, 0.15) is 5.82 Å². The van der Waals surface area contributed by atoms with Gasteiger partial charge >= 0.3 is 0 Å². The Hall–Kier alpha value is -1.68. The zero-order chi connectivity index (χ0) is 13.8. The summed E-state index contributed by atoms with van der Waals surface area (Å²) in [7, 11) is 0. The number of hydrogen-bond donors (Lipinski definition) is 0. The monoisotopic (exact) mass is 283 g/mol. The maximum atomic E-state index is 13.5.